The van der Waals surface area contributed by atoms with Gasteiger partial charge in [-0.05, 0) is 12.8 Å². The van der Waals surface area contributed by atoms with Gasteiger partial charge in [-0.1, -0.05) is 38.0 Å². The molecule has 1 heterocycles. The molecule has 0 bridgehead atoms. The predicted octanol–water partition coefficient (Wildman–Crippen LogP) is 1.55. The molecule has 1 saturated carbocycles. The Balaban J connectivity index is 1.74. The topological polar surface area (TPSA) is 83.5 Å². The van der Waals surface area contributed by atoms with Crippen LogP contribution in [0.2, 0.25) is 0 Å². The Morgan fingerprint density at radius 2 is 2.23 bits per heavy atom. The first-order chi connectivity index (χ1) is 10.5. The van der Waals surface area contributed by atoms with Crippen molar-refractivity contribution in [2.75, 3.05) is 13.2 Å². The first kappa shape index (κ1) is 17.2. The summed E-state index contributed by atoms with van der Waals surface area (Å²) >= 11 is 1.21. The van der Waals surface area contributed by atoms with Gasteiger partial charge in [-0.2, -0.15) is 0 Å². The van der Waals surface area contributed by atoms with Crippen LogP contribution in [0.25, 0.3) is 0 Å². The molecule has 1 aliphatic rings. The highest BCUT2D eigenvalue weighted by atomic mass is 32.1. The van der Waals surface area contributed by atoms with Gasteiger partial charge in [0.15, 0.2) is 0 Å². The number of nitrogens with zero attached hydrogens (tertiary/aromatic N) is 1. The minimum atomic E-state index is -0.595. The molecule has 2 rings (SSSR count). The summed E-state index contributed by atoms with van der Waals surface area (Å²) in [5.74, 6) is -0.0822. The maximum Gasteiger partial charge on any atom is 0.273 e. The number of hydrogen-bond donors (Lipinski definition) is 3. The maximum atomic E-state index is 12.1. The first-order valence-electron chi connectivity index (χ1n) is 7.85. The van der Waals surface area contributed by atoms with Crippen molar-refractivity contribution in [2.45, 2.75) is 57.7 Å². The van der Waals surface area contributed by atoms with Gasteiger partial charge < -0.3 is 20.5 Å². The fourth-order valence-corrected chi connectivity index (χ4v) is 3.03. The van der Waals surface area contributed by atoms with Crippen LogP contribution in [0.5, 0.6) is 5.19 Å². The Morgan fingerprint density at radius 1 is 1.50 bits per heavy atom. The van der Waals surface area contributed by atoms with Crippen molar-refractivity contribution in [3.8, 4) is 5.19 Å². The van der Waals surface area contributed by atoms with E-state index in [1.54, 1.807) is 0 Å². The zero-order valence-electron chi connectivity index (χ0n) is 13.2. The van der Waals surface area contributed by atoms with E-state index in [1.165, 1.54) is 30.4 Å². The summed E-state index contributed by atoms with van der Waals surface area (Å²) in [6.07, 6.45) is 5.42. The van der Waals surface area contributed by atoms with Crippen molar-refractivity contribution in [1.82, 2.24) is 15.6 Å². The number of carbonyl (C=O) groups is 1. The fourth-order valence-electron chi connectivity index (χ4n) is 2.35. The molecular formula is C15H25N3O3S. The number of ether oxygens (including phenoxy) is 1. The summed E-state index contributed by atoms with van der Waals surface area (Å²) < 4.78 is 5.44. The Bertz CT molecular complexity index is 472. The molecule has 124 valence electrons. The third-order valence-electron chi connectivity index (χ3n) is 3.56. The summed E-state index contributed by atoms with van der Waals surface area (Å²) in [6.45, 7) is 4.67. The van der Waals surface area contributed by atoms with Crippen LogP contribution in [0.3, 0.4) is 0 Å². The SMILES string of the molecule is CC(C)NCC(O)COc1ncc(C(=O)NC2CCCC2)s1. The lowest BCUT2D eigenvalue weighted by Gasteiger charge is -2.13. The molecule has 0 aliphatic heterocycles. The third kappa shape index (κ3) is 5.55. The van der Waals surface area contributed by atoms with Crippen molar-refractivity contribution >= 4 is 17.2 Å². The summed E-state index contributed by atoms with van der Waals surface area (Å²) in [7, 11) is 0. The van der Waals surface area contributed by atoms with Crippen LogP contribution in [0.4, 0.5) is 0 Å². The summed E-state index contributed by atoms with van der Waals surface area (Å²) in [4.78, 5) is 16.7. The zero-order chi connectivity index (χ0) is 15.9. The number of amides is 1. The van der Waals surface area contributed by atoms with Crippen LogP contribution in [-0.4, -0.2) is 47.3 Å². The van der Waals surface area contributed by atoms with Gasteiger partial charge in [-0.15, -0.1) is 0 Å². The van der Waals surface area contributed by atoms with E-state index < -0.39 is 6.10 Å². The smallest absolute Gasteiger partial charge is 0.273 e. The number of aromatic nitrogens is 1. The van der Waals surface area contributed by atoms with Crippen molar-refractivity contribution in [1.29, 1.82) is 0 Å². The largest absolute Gasteiger partial charge is 0.467 e. The van der Waals surface area contributed by atoms with E-state index in [4.69, 9.17) is 4.74 Å². The lowest BCUT2D eigenvalue weighted by Crippen LogP contribution is -2.35. The quantitative estimate of drug-likeness (QED) is 0.675. The molecule has 6 nitrogen and oxygen atoms in total. The Hall–Kier alpha value is -1.18. The summed E-state index contributed by atoms with van der Waals surface area (Å²) in [6, 6.07) is 0.614. The molecule has 7 heteroatoms. The zero-order valence-corrected chi connectivity index (χ0v) is 14.0. The van der Waals surface area contributed by atoms with E-state index in [9.17, 15) is 9.90 Å². The number of aliphatic hydroxyl groups is 1. The van der Waals surface area contributed by atoms with Crippen molar-refractivity contribution in [2.24, 2.45) is 0 Å². The van der Waals surface area contributed by atoms with E-state index in [1.807, 2.05) is 13.8 Å². The lowest BCUT2D eigenvalue weighted by atomic mass is 10.2. The predicted molar refractivity (Wildman–Crippen MR) is 86.5 cm³/mol. The molecular weight excluding hydrogens is 302 g/mol. The van der Waals surface area contributed by atoms with Gasteiger partial charge in [-0.25, -0.2) is 4.98 Å². The molecule has 0 spiro atoms. The van der Waals surface area contributed by atoms with Gasteiger partial charge in [-0.3, -0.25) is 4.79 Å². The van der Waals surface area contributed by atoms with Crippen LogP contribution in [-0.2, 0) is 0 Å². The van der Waals surface area contributed by atoms with Gasteiger partial charge in [0.05, 0.1) is 6.20 Å². The van der Waals surface area contributed by atoms with Gasteiger partial charge in [0.1, 0.15) is 17.6 Å². The second-order valence-electron chi connectivity index (χ2n) is 5.97. The molecule has 0 aromatic carbocycles. The summed E-state index contributed by atoms with van der Waals surface area (Å²) in [5, 5.41) is 16.3. The highest BCUT2D eigenvalue weighted by Crippen LogP contribution is 2.22. The third-order valence-corrected chi connectivity index (χ3v) is 4.47. The Labute approximate surface area is 135 Å². The number of aliphatic hydroxyl groups excluding tert-OH is 1. The number of thiazole rings is 1. The van der Waals surface area contributed by atoms with Crippen molar-refractivity contribution in [3.05, 3.63) is 11.1 Å². The van der Waals surface area contributed by atoms with Crippen molar-refractivity contribution in [3.63, 3.8) is 0 Å². The van der Waals surface area contributed by atoms with Crippen LogP contribution >= 0.6 is 11.3 Å². The average molecular weight is 327 g/mol. The van der Waals surface area contributed by atoms with Crippen LogP contribution in [0, 0.1) is 0 Å². The molecule has 1 fully saturated rings. The van der Waals surface area contributed by atoms with E-state index in [2.05, 4.69) is 15.6 Å². The highest BCUT2D eigenvalue weighted by molar-refractivity contribution is 7.15. The second-order valence-corrected chi connectivity index (χ2v) is 6.97. The van der Waals surface area contributed by atoms with Gasteiger partial charge in [0, 0.05) is 18.6 Å². The number of carbonyl (C=O) groups excluding carboxylic acids is 1. The molecule has 0 radical (unpaired) electrons. The lowest BCUT2D eigenvalue weighted by molar-refractivity contribution is 0.0941. The first-order valence-corrected chi connectivity index (χ1v) is 8.67. The molecule has 1 amide bonds. The maximum absolute atomic E-state index is 12.1. The molecule has 22 heavy (non-hydrogen) atoms. The van der Waals surface area contributed by atoms with Gasteiger partial charge in [0.25, 0.3) is 11.1 Å². The fraction of sp³-hybridized carbons (Fsp3) is 0.733. The van der Waals surface area contributed by atoms with E-state index in [0.29, 0.717) is 28.7 Å². The average Bonchev–Trinajstić information content (AvgIpc) is 3.13. The van der Waals surface area contributed by atoms with E-state index in [0.717, 1.165) is 12.8 Å². The minimum absolute atomic E-state index is 0.0822. The molecule has 0 saturated heterocycles. The molecule has 1 unspecified atom stereocenters. The molecule has 3 N–H and O–H groups in total. The molecule has 1 aromatic rings. The Kier molecular flexibility index (Phi) is 6.60. The minimum Gasteiger partial charge on any atom is -0.467 e. The number of rotatable bonds is 8. The molecule has 1 atom stereocenters. The molecule has 1 aromatic heterocycles. The highest BCUT2D eigenvalue weighted by Gasteiger charge is 2.19. The van der Waals surface area contributed by atoms with Gasteiger partial charge >= 0.3 is 0 Å². The number of nitrogens with one attached hydrogen (secondary N) is 2. The Morgan fingerprint density at radius 3 is 2.91 bits per heavy atom. The summed E-state index contributed by atoms with van der Waals surface area (Å²) in [5.41, 5.74) is 0. The van der Waals surface area contributed by atoms with Crippen molar-refractivity contribution < 1.29 is 14.6 Å². The van der Waals surface area contributed by atoms with E-state index >= 15 is 0 Å². The van der Waals surface area contributed by atoms with E-state index in [-0.39, 0.29) is 12.5 Å². The second kappa shape index (κ2) is 8.45. The van der Waals surface area contributed by atoms with Crippen LogP contribution < -0.4 is 15.4 Å². The normalized spacial score (nSPS) is 16.9. The monoisotopic (exact) mass is 327 g/mol. The van der Waals surface area contributed by atoms with Gasteiger partial charge in [0.2, 0.25) is 0 Å². The number of hydrogen-bond acceptors (Lipinski definition) is 6. The van der Waals surface area contributed by atoms with Crippen LogP contribution in [0.1, 0.15) is 49.2 Å². The van der Waals surface area contributed by atoms with Crippen LogP contribution in [0.15, 0.2) is 6.20 Å². The molecule has 1 aliphatic carbocycles. The standard InChI is InChI=1S/C15H25N3O3S/c1-10(2)16-7-12(19)9-21-15-17-8-13(22-15)14(20)18-11-5-3-4-6-11/h8,10-12,16,19H,3-7,9H2,1-2H3,(H,18,20).